The number of carbonyl (C=O) groups excluding carboxylic acids is 2. The number of piperidine rings is 1. The topological polar surface area (TPSA) is 55.8 Å². The number of fused-ring (bicyclic) bond motifs is 1. The van der Waals surface area contributed by atoms with Crippen LogP contribution in [0.1, 0.15) is 16.1 Å². The van der Waals surface area contributed by atoms with Crippen LogP contribution < -0.4 is 4.74 Å². The van der Waals surface area contributed by atoms with Crippen LogP contribution >= 0.6 is 11.3 Å². The number of rotatable bonds is 3. The first-order valence-electron chi connectivity index (χ1n) is 6.17. The van der Waals surface area contributed by atoms with Gasteiger partial charge < -0.3 is 14.4 Å². The molecule has 1 amide bonds. The maximum absolute atomic E-state index is 12.5. The maximum Gasteiger partial charge on any atom is 0.328 e. The van der Waals surface area contributed by atoms with Crippen LogP contribution in [0.25, 0.3) is 0 Å². The highest BCUT2D eigenvalue weighted by Crippen LogP contribution is 2.50. The van der Waals surface area contributed by atoms with Gasteiger partial charge in [-0.25, -0.2) is 4.79 Å². The summed E-state index contributed by atoms with van der Waals surface area (Å²) < 4.78 is 10.00. The molecule has 1 aliphatic heterocycles. The van der Waals surface area contributed by atoms with Crippen LogP contribution in [-0.4, -0.2) is 43.6 Å². The van der Waals surface area contributed by atoms with E-state index in [0.717, 1.165) is 6.42 Å². The molecule has 0 N–H and O–H groups in total. The molecule has 0 spiro atoms. The SMILES string of the molecule is COC(=O)[C@@H]1[C@H]2C[C@@H]2CN1C(=O)c1sccc1OC. The number of nitrogens with zero attached hydrogens (tertiary/aromatic N) is 1. The van der Waals surface area contributed by atoms with Gasteiger partial charge in [-0.15, -0.1) is 11.3 Å². The van der Waals surface area contributed by atoms with Gasteiger partial charge in [-0.1, -0.05) is 0 Å². The zero-order valence-corrected chi connectivity index (χ0v) is 11.6. The fourth-order valence-corrected chi connectivity index (χ4v) is 3.65. The molecule has 1 aromatic heterocycles. The number of hydrogen-bond donors (Lipinski definition) is 0. The van der Waals surface area contributed by atoms with E-state index in [1.807, 2.05) is 5.38 Å². The highest BCUT2D eigenvalue weighted by molar-refractivity contribution is 7.12. The van der Waals surface area contributed by atoms with Crippen LogP contribution in [-0.2, 0) is 9.53 Å². The Hall–Kier alpha value is -1.56. The van der Waals surface area contributed by atoms with Gasteiger partial charge in [0.15, 0.2) is 0 Å². The zero-order valence-electron chi connectivity index (χ0n) is 10.8. The lowest BCUT2D eigenvalue weighted by molar-refractivity contribution is -0.145. The van der Waals surface area contributed by atoms with E-state index >= 15 is 0 Å². The second-order valence-electron chi connectivity index (χ2n) is 4.90. The molecule has 0 unspecified atom stereocenters. The number of likely N-dealkylation sites (tertiary alicyclic amines) is 1. The molecule has 19 heavy (non-hydrogen) atoms. The van der Waals surface area contributed by atoms with E-state index < -0.39 is 6.04 Å². The molecule has 0 bridgehead atoms. The summed E-state index contributed by atoms with van der Waals surface area (Å²) in [7, 11) is 2.91. The average Bonchev–Trinajstić information content (AvgIpc) is 2.90. The summed E-state index contributed by atoms with van der Waals surface area (Å²) in [4.78, 5) is 26.6. The minimum absolute atomic E-state index is 0.130. The Morgan fingerprint density at radius 2 is 2.21 bits per heavy atom. The van der Waals surface area contributed by atoms with Gasteiger partial charge in [-0.05, 0) is 29.7 Å². The number of hydrogen-bond acceptors (Lipinski definition) is 5. The Labute approximate surface area is 115 Å². The molecule has 6 heteroatoms. The Kier molecular flexibility index (Phi) is 2.97. The fraction of sp³-hybridized carbons (Fsp3) is 0.538. The molecule has 3 rings (SSSR count). The Morgan fingerprint density at radius 3 is 2.89 bits per heavy atom. The maximum atomic E-state index is 12.5. The van der Waals surface area contributed by atoms with E-state index in [1.54, 1.807) is 11.0 Å². The van der Waals surface area contributed by atoms with Gasteiger partial charge in [-0.3, -0.25) is 4.79 Å². The van der Waals surface area contributed by atoms with Crippen molar-refractivity contribution in [3.05, 3.63) is 16.3 Å². The van der Waals surface area contributed by atoms with Crippen LogP contribution in [0.2, 0.25) is 0 Å². The molecule has 0 aromatic carbocycles. The zero-order chi connectivity index (χ0) is 13.6. The van der Waals surface area contributed by atoms with E-state index in [9.17, 15) is 9.59 Å². The summed E-state index contributed by atoms with van der Waals surface area (Å²) in [5.74, 6) is 0.865. The second-order valence-corrected chi connectivity index (χ2v) is 5.82. The molecule has 1 aromatic rings. The average molecular weight is 281 g/mol. The largest absolute Gasteiger partial charge is 0.495 e. The lowest BCUT2D eigenvalue weighted by Crippen LogP contribution is -2.43. The first-order valence-corrected chi connectivity index (χ1v) is 7.05. The third kappa shape index (κ3) is 1.90. The first kappa shape index (κ1) is 12.5. The molecule has 2 fully saturated rings. The summed E-state index contributed by atoms with van der Waals surface area (Å²) in [5, 5.41) is 1.82. The van der Waals surface area contributed by atoms with E-state index in [1.165, 1.54) is 25.6 Å². The standard InChI is InChI=1S/C13H15NO4S/c1-17-9-3-4-19-11(9)12(15)14-6-7-5-8(7)10(14)13(16)18-2/h3-4,7-8,10H,5-6H2,1-2H3/t7-,8+,10+/m1/s1. The molecule has 102 valence electrons. The van der Waals surface area contributed by atoms with Crippen LogP contribution in [0.15, 0.2) is 11.4 Å². The number of ether oxygens (including phenoxy) is 2. The summed E-state index contributed by atoms with van der Waals surface area (Å²) in [6.07, 6.45) is 1.02. The van der Waals surface area contributed by atoms with Crippen molar-refractivity contribution in [2.75, 3.05) is 20.8 Å². The minimum Gasteiger partial charge on any atom is -0.495 e. The molecule has 1 aliphatic carbocycles. The molecule has 3 atom stereocenters. The number of methoxy groups -OCH3 is 2. The highest BCUT2D eigenvalue weighted by Gasteiger charge is 2.57. The van der Waals surface area contributed by atoms with Gasteiger partial charge in [0, 0.05) is 6.54 Å². The number of amides is 1. The lowest BCUT2D eigenvalue weighted by atomic mass is 10.2. The van der Waals surface area contributed by atoms with E-state index in [2.05, 4.69) is 0 Å². The van der Waals surface area contributed by atoms with Crippen LogP contribution in [0, 0.1) is 11.8 Å². The van der Waals surface area contributed by atoms with Crippen molar-refractivity contribution in [1.82, 2.24) is 4.90 Å². The summed E-state index contributed by atoms with van der Waals surface area (Å²) in [5.41, 5.74) is 0. The lowest BCUT2D eigenvalue weighted by Gasteiger charge is -2.25. The third-order valence-corrected chi connectivity index (χ3v) is 4.78. The highest BCUT2D eigenvalue weighted by atomic mass is 32.1. The summed E-state index contributed by atoms with van der Waals surface area (Å²) in [6, 6.07) is 1.34. The molecule has 1 saturated heterocycles. The first-order chi connectivity index (χ1) is 9.17. The van der Waals surface area contributed by atoms with Crippen molar-refractivity contribution >= 4 is 23.2 Å². The minimum atomic E-state index is -0.422. The van der Waals surface area contributed by atoms with Crippen molar-refractivity contribution in [3.8, 4) is 5.75 Å². The molecule has 2 aliphatic rings. The van der Waals surface area contributed by atoms with E-state index in [4.69, 9.17) is 9.47 Å². The van der Waals surface area contributed by atoms with Gasteiger partial charge in [0.25, 0.3) is 5.91 Å². The van der Waals surface area contributed by atoms with Gasteiger partial charge in [0.05, 0.1) is 14.2 Å². The summed E-state index contributed by atoms with van der Waals surface area (Å²) >= 11 is 1.34. The molecule has 2 heterocycles. The van der Waals surface area contributed by atoms with Crippen molar-refractivity contribution in [1.29, 1.82) is 0 Å². The second kappa shape index (κ2) is 4.52. The Morgan fingerprint density at radius 1 is 1.42 bits per heavy atom. The van der Waals surface area contributed by atoms with Crippen molar-refractivity contribution in [2.24, 2.45) is 11.8 Å². The number of esters is 1. The predicted molar refractivity (Wildman–Crippen MR) is 69.3 cm³/mol. The fourth-order valence-electron chi connectivity index (χ4n) is 2.84. The molecular formula is C13H15NO4S. The molecule has 5 nitrogen and oxygen atoms in total. The Balaban J connectivity index is 1.85. The van der Waals surface area contributed by atoms with Gasteiger partial charge in [0.2, 0.25) is 0 Å². The van der Waals surface area contributed by atoms with Crippen molar-refractivity contribution < 1.29 is 19.1 Å². The number of carbonyl (C=O) groups is 2. The Bertz CT molecular complexity index is 526. The van der Waals surface area contributed by atoms with Gasteiger partial charge >= 0.3 is 5.97 Å². The normalized spacial score (nSPS) is 27.9. The van der Waals surface area contributed by atoms with Crippen LogP contribution in [0.5, 0.6) is 5.75 Å². The van der Waals surface area contributed by atoms with Gasteiger partial charge in [0.1, 0.15) is 16.7 Å². The van der Waals surface area contributed by atoms with Crippen LogP contribution in [0.3, 0.4) is 0 Å². The van der Waals surface area contributed by atoms with Gasteiger partial charge in [-0.2, -0.15) is 0 Å². The smallest absolute Gasteiger partial charge is 0.328 e. The third-order valence-electron chi connectivity index (χ3n) is 3.90. The molecule has 0 radical (unpaired) electrons. The monoisotopic (exact) mass is 281 g/mol. The summed E-state index contributed by atoms with van der Waals surface area (Å²) in [6.45, 7) is 0.643. The van der Waals surface area contributed by atoms with Crippen molar-refractivity contribution in [2.45, 2.75) is 12.5 Å². The van der Waals surface area contributed by atoms with Crippen LogP contribution in [0.4, 0.5) is 0 Å². The van der Waals surface area contributed by atoms with Crippen molar-refractivity contribution in [3.63, 3.8) is 0 Å². The van der Waals surface area contributed by atoms with E-state index in [-0.39, 0.29) is 17.8 Å². The number of thiophene rings is 1. The predicted octanol–water partition coefficient (Wildman–Crippen LogP) is 1.39. The van der Waals surface area contributed by atoms with E-state index in [0.29, 0.717) is 23.1 Å². The molecular weight excluding hydrogens is 266 g/mol. The molecule has 1 saturated carbocycles. The quantitative estimate of drug-likeness (QED) is 0.786.